The topological polar surface area (TPSA) is 108 Å². The Morgan fingerprint density at radius 3 is 0.882 bits per heavy atom. The van der Waals surface area contributed by atoms with E-state index in [9.17, 15) is 0 Å². The molecule has 6 aromatic heterocycles. The smallest absolute Gasteiger partial charge is 0.657 e. The van der Waals surface area contributed by atoms with Crippen LogP contribution in [0.5, 0.6) is 0 Å². The summed E-state index contributed by atoms with van der Waals surface area (Å²) in [6.07, 6.45) is 8.26. The van der Waals surface area contributed by atoms with Gasteiger partial charge in [-0.25, -0.2) is 19.9 Å². The van der Waals surface area contributed by atoms with Crippen molar-refractivity contribution in [2.45, 2.75) is 175 Å². The van der Waals surface area contributed by atoms with Crippen LogP contribution in [0, 0.1) is 27.7 Å². The van der Waals surface area contributed by atoms with Crippen molar-refractivity contribution in [3.8, 4) is 0 Å². The molecular weight excluding hydrogens is 1020 g/mol. The number of aromatic nitrogens is 8. The third kappa shape index (κ3) is 9.17. The molecule has 10 heterocycles. The van der Waals surface area contributed by atoms with Crippen LogP contribution in [0.25, 0.3) is 88.7 Å². The van der Waals surface area contributed by atoms with Gasteiger partial charge >= 0.3 is 33.0 Å². The number of fused-ring (bicyclic) bond motifs is 16. The number of hydrogen-bond acceptors (Lipinski definition) is 4. The van der Waals surface area contributed by atoms with Crippen molar-refractivity contribution < 1.29 is 33.0 Å². The van der Waals surface area contributed by atoms with E-state index in [1.807, 2.05) is 0 Å². The Balaban J connectivity index is 0.00000383. The molecule has 16 bridgehead atoms. The van der Waals surface area contributed by atoms with Crippen LogP contribution in [0.15, 0.2) is 36.4 Å². The van der Waals surface area contributed by atoms with Gasteiger partial charge in [-0.1, -0.05) is 136 Å². The predicted molar refractivity (Wildman–Crippen MR) is 313 cm³/mol. The Kier molecular flexibility index (Phi) is 16.5. The first kappa shape index (κ1) is 56.4. The first-order chi connectivity index (χ1) is 35.6. The Morgan fingerprint density at radius 1 is 0.289 bits per heavy atom. The predicted octanol–water partition coefficient (Wildman–Crippen LogP) is 16.1. The molecule has 0 atom stereocenters. The molecule has 10 rings (SSSR count). The summed E-state index contributed by atoms with van der Waals surface area (Å²) in [5.74, 6) is 0. The minimum absolute atomic E-state index is 0. The first-order valence-electron chi connectivity index (χ1n) is 27.7. The fourth-order valence-electron chi connectivity index (χ4n) is 12.8. The van der Waals surface area contributed by atoms with E-state index in [0.29, 0.717) is 12.8 Å². The van der Waals surface area contributed by atoms with Crippen LogP contribution in [-0.4, -0.2) is 19.9 Å². The van der Waals surface area contributed by atoms with Gasteiger partial charge in [0.05, 0.1) is 45.6 Å². The SMILES string of the molecule is CCC1=C(C)c2cc3[n-]c(c(C)c3CC)c(CCc3c4nc(cc5[n-]c(cc6nc(cc7[n-]c3c(C)c7CC)C(C)=C6CC)c(C)c5CC)C(C)=C4CC)c3nc(cc4[n-]c(cc1n2)c(C)c4CC)C(C)=C3CC.[Ni+2].[Ni+2]. The second-order valence-corrected chi connectivity index (χ2v) is 20.9. The van der Waals surface area contributed by atoms with Crippen molar-refractivity contribution >= 4 is 88.7 Å². The molecule has 4 aliphatic heterocycles. The molecule has 4 aliphatic rings. The molecule has 0 spiro atoms. The van der Waals surface area contributed by atoms with Gasteiger partial charge in [0, 0.05) is 0 Å². The van der Waals surface area contributed by atoms with Crippen LogP contribution in [-0.2, 0) is 71.5 Å². The molecule has 398 valence electrons. The molecule has 0 amide bonds. The van der Waals surface area contributed by atoms with Crippen molar-refractivity contribution in [1.82, 2.24) is 39.9 Å². The van der Waals surface area contributed by atoms with Crippen molar-refractivity contribution in [2.24, 2.45) is 0 Å². The third-order valence-corrected chi connectivity index (χ3v) is 17.2. The van der Waals surface area contributed by atoms with Gasteiger partial charge < -0.3 is 19.9 Å². The van der Waals surface area contributed by atoms with Crippen LogP contribution in [0.4, 0.5) is 0 Å². The number of rotatable bonds is 11. The Hall–Kier alpha value is -5.81. The zero-order chi connectivity index (χ0) is 52.6. The molecule has 6 aromatic rings. The largest absolute Gasteiger partial charge is 2.00 e. The van der Waals surface area contributed by atoms with Crippen LogP contribution >= 0.6 is 0 Å². The number of hydrogen-bond donors (Lipinski definition) is 0. The number of aryl methyl sites for hydroxylation is 10. The zero-order valence-electron chi connectivity index (χ0n) is 47.7. The van der Waals surface area contributed by atoms with Crippen LogP contribution in [0.3, 0.4) is 0 Å². The van der Waals surface area contributed by atoms with E-state index in [1.165, 1.54) is 89.1 Å². The van der Waals surface area contributed by atoms with Gasteiger partial charge in [-0.2, -0.15) is 0 Å². The molecule has 0 N–H and O–H groups in total. The zero-order valence-corrected chi connectivity index (χ0v) is 49.7. The summed E-state index contributed by atoms with van der Waals surface area (Å²) in [5, 5.41) is 0. The van der Waals surface area contributed by atoms with Gasteiger partial charge in [-0.15, -0.1) is 44.1 Å². The van der Waals surface area contributed by atoms with Gasteiger partial charge in [-0.3, -0.25) is 0 Å². The molecule has 0 saturated carbocycles. The molecule has 0 radical (unpaired) electrons. The summed E-state index contributed by atoms with van der Waals surface area (Å²) in [5.41, 5.74) is 37.9. The summed E-state index contributed by atoms with van der Waals surface area (Å²) in [7, 11) is 0. The van der Waals surface area contributed by atoms with Crippen LogP contribution in [0.1, 0.15) is 210 Å². The molecular formula is C66H74N8Ni2. The van der Waals surface area contributed by atoms with E-state index < -0.39 is 0 Å². The van der Waals surface area contributed by atoms with Gasteiger partial charge in [-0.05, 0) is 175 Å². The summed E-state index contributed by atoms with van der Waals surface area (Å²) < 4.78 is 0. The summed E-state index contributed by atoms with van der Waals surface area (Å²) in [6.45, 7) is 35.9. The van der Waals surface area contributed by atoms with Crippen LogP contribution < -0.4 is 19.9 Å². The molecule has 0 fully saturated rings. The van der Waals surface area contributed by atoms with E-state index >= 15 is 0 Å². The van der Waals surface area contributed by atoms with Crippen molar-refractivity contribution in [1.29, 1.82) is 0 Å². The first-order valence-corrected chi connectivity index (χ1v) is 27.7. The van der Waals surface area contributed by atoms with E-state index in [-0.39, 0.29) is 33.0 Å². The van der Waals surface area contributed by atoms with E-state index in [1.54, 1.807) is 0 Å². The molecule has 0 aliphatic carbocycles. The Bertz CT molecular complexity index is 3600. The van der Waals surface area contributed by atoms with Crippen molar-refractivity contribution in [3.05, 3.63) is 138 Å². The fraction of sp³-hybridized carbons (Fsp3) is 0.394. The maximum absolute atomic E-state index is 5.71. The van der Waals surface area contributed by atoms with E-state index in [0.717, 1.165) is 152 Å². The van der Waals surface area contributed by atoms with Gasteiger partial charge in [0.1, 0.15) is 0 Å². The Morgan fingerprint density at radius 2 is 0.566 bits per heavy atom. The average Bonchev–Trinajstić information content (AvgIpc) is 4.26. The normalized spacial score (nSPS) is 13.6. The van der Waals surface area contributed by atoms with Crippen molar-refractivity contribution in [2.75, 3.05) is 0 Å². The summed E-state index contributed by atoms with van der Waals surface area (Å²) in [4.78, 5) is 44.2. The van der Waals surface area contributed by atoms with Crippen LogP contribution in [0.2, 0.25) is 0 Å². The second kappa shape index (κ2) is 22.3. The summed E-state index contributed by atoms with van der Waals surface area (Å²) in [6, 6.07) is 13.4. The standard InChI is InChI=1S/C66H74N8.2Ni/c1-17-41-35(11)53-29-61-45(21-5)39(15)63(73-61)49(65-47(23-7)37(13)55(71-65)31-59-43(19-3)33(9)51(67-59)27-57(41)69-53)25-26-50-64-40(16)46(22-6)62(74-64)30-54-36(12)42(18-2)58(70-54)28-52-34(10)44(20-4)60(68-52)32-56-38(14)48(24-8)66(50)72-56;;/h27-32H,17-26H2,1-16H3;;/q-4;2*+2. The second-order valence-electron chi connectivity index (χ2n) is 20.9. The summed E-state index contributed by atoms with van der Waals surface area (Å²) >= 11 is 0. The van der Waals surface area contributed by atoms with E-state index in [4.69, 9.17) is 39.9 Å². The van der Waals surface area contributed by atoms with Gasteiger partial charge in [0.25, 0.3) is 0 Å². The van der Waals surface area contributed by atoms with Gasteiger partial charge in [0.15, 0.2) is 0 Å². The minimum atomic E-state index is 0. The molecule has 0 aromatic carbocycles. The third-order valence-electron chi connectivity index (χ3n) is 17.2. The molecule has 10 heteroatoms. The molecule has 76 heavy (non-hydrogen) atoms. The molecule has 0 unspecified atom stereocenters. The monoisotopic (exact) mass is 1090 g/mol. The maximum atomic E-state index is 5.71. The minimum Gasteiger partial charge on any atom is -0.657 e. The quantitative estimate of drug-likeness (QED) is 0.118. The fourth-order valence-corrected chi connectivity index (χ4v) is 12.8. The van der Waals surface area contributed by atoms with E-state index in [2.05, 4.69) is 147 Å². The number of nitrogens with zero attached hydrogens (tertiary/aromatic N) is 8. The van der Waals surface area contributed by atoms with Gasteiger partial charge in [0.2, 0.25) is 0 Å². The maximum Gasteiger partial charge on any atom is 2.00 e. The average molecular weight is 1100 g/mol. The molecule has 8 nitrogen and oxygen atoms in total. The van der Waals surface area contributed by atoms with Crippen molar-refractivity contribution in [3.63, 3.8) is 0 Å². The number of allylic oxidation sites excluding steroid dienone is 8. The Labute approximate surface area is 471 Å². The molecule has 0 saturated heterocycles.